The van der Waals surface area contributed by atoms with Crippen molar-refractivity contribution in [2.45, 2.75) is 63.4 Å². The maximum atomic E-state index is 14.4. The summed E-state index contributed by atoms with van der Waals surface area (Å²) in [5, 5.41) is 8.98. The normalized spacial score (nSPS) is 21.7. The lowest BCUT2D eigenvalue weighted by molar-refractivity contribution is -0.0587. The third-order valence-corrected chi connectivity index (χ3v) is 8.86. The Bertz CT molecular complexity index is 1790. The number of fused-ring (bicyclic) bond motifs is 3. The van der Waals surface area contributed by atoms with Crippen LogP contribution in [-0.4, -0.2) is 52.4 Å². The minimum absolute atomic E-state index is 0.0295. The van der Waals surface area contributed by atoms with Gasteiger partial charge in [0.2, 0.25) is 5.88 Å². The highest BCUT2D eigenvalue weighted by Crippen LogP contribution is 2.42. The minimum Gasteiger partial charge on any atom is -0.473 e. The highest BCUT2D eigenvalue weighted by atomic mass is 19.1. The van der Waals surface area contributed by atoms with Crippen LogP contribution < -0.4 is 9.64 Å². The van der Waals surface area contributed by atoms with E-state index in [9.17, 15) is 9.18 Å². The number of hydrogen-bond acceptors (Lipinski definition) is 8. The van der Waals surface area contributed by atoms with E-state index >= 15 is 0 Å². The number of methoxy groups -OCH3 is 1. The van der Waals surface area contributed by atoms with Gasteiger partial charge < -0.3 is 23.7 Å². The van der Waals surface area contributed by atoms with Crippen molar-refractivity contribution in [3.8, 4) is 11.9 Å². The van der Waals surface area contributed by atoms with Gasteiger partial charge in [-0.3, -0.25) is 0 Å². The molecule has 44 heavy (non-hydrogen) atoms. The maximum Gasteiger partial charge on any atom is 0.337 e. The van der Waals surface area contributed by atoms with Gasteiger partial charge in [-0.1, -0.05) is 17.7 Å². The first-order valence-corrected chi connectivity index (χ1v) is 15.0. The monoisotopic (exact) mass is 593 g/mol. The Kier molecular flexibility index (Phi) is 7.48. The van der Waals surface area contributed by atoms with Crippen molar-refractivity contribution < 1.29 is 23.4 Å². The molecule has 3 atom stereocenters. The number of anilines is 1. The van der Waals surface area contributed by atoms with Crippen LogP contribution in [0.25, 0.3) is 17.1 Å². The molecule has 3 fully saturated rings. The van der Waals surface area contributed by atoms with Gasteiger partial charge in [0.25, 0.3) is 0 Å². The van der Waals surface area contributed by atoms with E-state index in [1.807, 2.05) is 30.3 Å². The Labute approximate surface area is 254 Å². The molecule has 0 aliphatic carbocycles. The predicted molar refractivity (Wildman–Crippen MR) is 162 cm³/mol. The summed E-state index contributed by atoms with van der Waals surface area (Å²) in [5.41, 5.74) is 4.24. The fourth-order valence-electron chi connectivity index (χ4n) is 6.56. The number of pyridine rings is 1. The molecule has 2 aromatic heterocycles. The molecule has 7 rings (SSSR count). The zero-order chi connectivity index (χ0) is 30.2. The fourth-order valence-corrected chi connectivity index (χ4v) is 6.56. The standard InChI is InChI=1S/C34H32FN5O4/c1-42-34(41)23-7-10-29-30(17-23)39(19-27-11-12-43-27)32(37-29)16-22-13-25-8-9-26(14-22)40(25)31-3-2-4-33(38-31)44-20-24-6-5-21(18-36)15-28(24)35/h2-7,10,15-17,25-27H,8-9,11-14,19-20H2,1H3/t25-,26?,27+/m1/s1. The summed E-state index contributed by atoms with van der Waals surface area (Å²) >= 11 is 0. The van der Waals surface area contributed by atoms with E-state index in [1.54, 1.807) is 24.3 Å². The highest BCUT2D eigenvalue weighted by molar-refractivity contribution is 5.94. The van der Waals surface area contributed by atoms with Crippen molar-refractivity contribution in [1.29, 1.82) is 5.26 Å². The van der Waals surface area contributed by atoms with Crippen molar-refractivity contribution in [2.75, 3.05) is 18.6 Å². The number of piperidine rings is 1. The summed E-state index contributed by atoms with van der Waals surface area (Å²) in [4.78, 5) is 24.4. The molecule has 3 saturated heterocycles. The van der Waals surface area contributed by atoms with Crippen molar-refractivity contribution in [3.05, 3.63) is 88.5 Å². The van der Waals surface area contributed by atoms with Gasteiger partial charge in [-0.15, -0.1) is 0 Å². The Morgan fingerprint density at radius 2 is 1.93 bits per heavy atom. The lowest BCUT2D eigenvalue weighted by atomic mass is 9.96. The number of benzene rings is 2. The summed E-state index contributed by atoms with van der Waals surface area (Å²) in [5.74, 6) is 1.34. The molecule has 2 aromatic carbocycles. The Balaban J connectivity index is 1.10. The third-order valence-electron chi connectivity index (χ3n) is 8.86. The molecular formula is C34H32FN5O4. The van der Waals surface area contributed by atoms with Crippen LogP contribution in [-0.2, 0) is 22.6 Å². The number of nitriles is 1. The minimum atomic E-state index is -0.466. The molecule has 0 spiro atoms. The van der Waals surface area contributed by atoms with E-state index in [2.05, 4.69) is 15.5 Å². The van der Waals surface area contributed by atoms with Crippen LogP contribution in [0.2, 0.25) is 0 Å². The number of carbonyl (C=O) groups is 1. The molecule has 0 N–H and O–H groups in total. The molecule has 0 radical (unpaired) electrons. The third kappa shape index (κ3) is 5.40. The smallest absolute Gasteiger partial charge is 0.337 e. The Morgan fingerprint density at radius 1 is 1.11 bits per heavy atom. The van der Waals surface area contributed by atoms with Crippen molar-refractivity contribution in [3.63, 3.8) is 0 Å². The van der Waals surface area contributed by atoms with Gasteiger partial charge in [-0.05, 0) is 74.6 Å². The predicted octanol–water partition coefficient (Wildman–Crippen LogP) is 5.81. The number of imidazole rings is 1. The van der Waals surface area contributed by atoms with Gasteiger partial charge in [0.15, 0.2) is 0 Å². The molecule has 9 nitrogen and oxygen atoms in total. The average molecular weight is 594 g/mol. The highest BCUT2D eigenvalue weighted by Gasteiger charge is 2.39. The number of halogens is 1. The van der Waals surface area contributed by atoms with Gasteiger partial charge in [0.1, 0.15) is 24.1 Å². The molecule has 2 bridgehead atoms. The van der Waals surface area contributed by atoms with Crippen LogP contribution in [0.15, 0.2) is 60.2 Å². The van der Waals surface area contributed by atoms with Crippen LogP contribution in [0.5, 0.6) is 5.88 Å². The first kappa shape index (κ1) is 28.0. The molecule has 5 heterocycles. The lowest BCUT2D eigenvalue weighted by Gasteiger charge is -2.37. The maximum absolute atomic E-state index is 14.4. The van der Waals surface area contributed by atoms with Gasteiger partial charge in [-0.2, -0.15) is 10.2 Å². The summed E-state index contributed by atoms with van der Waals surface area (Å²) in [7, 11) is 1.39. The molecule has 10 heteroatoms. The molecule has 3 aliphatic heterocycles. The number of nitrogens with zero attached hydrogens (tertiary/aromatic N) is 5. The van der Waals surface area contributed by atoms with Crippen LogP contribution >= 0.6 is 0 Å². The Morgan fingerprint density at radius 3 is 2.64 bits per heavy atom. The summed E-state index contributed by atoms with van der Waals surface area (Å²) < 4.78 is 33.1. The molecule has 0 saturated carbocycles. The van der Waals surface area contributed by atoms with E-state index < -0.39 is 5.82 Å². The summed E-state index contributed by atoms with van der Waals surface area (Å²) in [6.07, 6.45) is 7.30. The molecular weight excluding hydrogens is 561 g/mol. The molecule has 224 valence electrons. The fraction of sp³-hybridized carbons (Fsp3) is 0.353. The summed E-state index contributed by atoms with van der Waals surface area (Å²) in [6, 6.07) is 18.1. The quantitative estimate of drug-likeness (QED) is 0.236. The topological polar surface area (TPSA) is 102 Å². The number of aromatic nitrogens is 3. The van der Waals surface area contributed by atoms with Crippen LogP contribution in [0.1, 0.15) is 59.4 Å². The number of hydrogen-bond donors (Lipinski definition) is 0. The number of esters is 1. The van der Waals surface area contributed by atoms with Crippen molar-refractivity contribution in [1.82, 2.24) is 14.5 Å². The van der Waals surface area contributed by atoms with Gasteiger partial charge >= 0.3 is 5.97 Å². The molecule has 1 unspecified atom stereocenters. The first-order chi connectivity index (χ1) is 21.5. The van der Waals surface area contributed by atoms with E-state index in [-0.39, 0.29) is 24.2 Å². The van der Waals surface area contributed by atoms with Gasteiger partial charge in [-0.25, -0.2) is 14.2 Å². The summed E-state index contributed by atoms with van der Waals surface area (Å²) in [6.45, 7) is 1.48. The molecule has 0 amide bonds. The zero-order valence-corrected chi connectivity index (χ0v) is 24.4. The van der Waals surface area contributed by atoms with E-state index in [0.29, 0.717) is 35.6 Å². The van der Waals surface area contributed by atoms with E-state index in [1.165, 1.54) is 18.7 Å². The van der Waals surface area contributed by atoms with Crippen LogP contribution in [0.3, 0.4) is 0 Å². The van der Waals surface area contributed by atoms with E-state index in [0.717, 1.165) is 61.4 Å². The second-order valence-electron chi connectivity index (χ2n) is 11.6. The van der Waals surface area contributed by atoms with Crippen molar-refractivity contribution >= 4 is 28.9 Å². The van der Waals surface area contributed by atoms with E-state index in [4.69, 9.17) is 29.4 Å². The second kappa shape index (κ2) is 11.7. The Hall–Kier alpha value is -4.75. The van der Waals surface area contributed by atoms with Gasteiger partial charge in [0, 0.05) is 30.3 Å². The SMILES string of the molecule is COC(=O)c1ccc2nc(C=C3CC4CC[C@H](C3)N4c3cccc(OCc4ccc(C#N)cc4F)n3)n(C[C@@H]3CCO3)c2c1. The van der Waals surface area contributed by atoms with Crippen molar-refractivity contribution in [2.24, 2.45) is 0 Å². The largest absolute Gasteiger partial charge is 0.473 e. The average Bonchev–Trinajstić information content (AvgIpc) is 3.50. The first-order valence-electron chi connectivity index (χ1n) is 15.0. The van der Waals surface area contributed by atoms with Gasteiger partial charge in [0.05, 0.1) is 48.0 Å². The molecule has 3 aliphatic rings. The second-order valence-corrected chi connectivity index (χ2v) is 11.6. The number of rotatable bonds is 8. The van der Waals surface area contributed by atoms with Crippen LogP contribution in [0.4, 0.5) is 10.2 Å². The van der Waals surface area contributed by atoms with Crippen LogP contribution in [0, 0.1) is 17.1 Å². The lowest BCUT2D eigenvalue weighted by Crippen LogP contribution is -2.41. The zero-order valence-electron chi connectivity index (χ0n) is 24.4. The number of carbonyl (C=O) groups excluding carboxylic acids is 1. The number of ether oxygens (including phenoxy) is 3. The molecule has 4 aromatic rings.